The number of hydrogen-bond donors (Lipinski definition) is 1. The molecule has 0 spiro atoms. The van der Waals surface area contributed by atoms with Gasteiger partial charge in [0, 0.05) is 13.2 Å². The Morgan fingerprint density at radius 3 is 2.27 bits per heavy atom. The number of aliphatic hydroxyl groups is 1. The van der Waals surface area contributed by atoms with Gasteiger partial charge in [-0.1, -0.05) is 51.1 Å². The SMILES string of the molecule is CC(C)(C)[Si](C)(C)OCCC(CCO)OCc1ccccc1. The topological polar surface area (TPSA) is 38.7 Å². The fourth-order valence-corrected chi connectivity index (χ4v) is 2.97. The molecule has 1 aromatic rings. The summed E-state index contributed by atoms with van der Waals surface area (Å²) in [5.74, 6) is 0. The minimum atomic E-state index is -1.70. The van der Waals surface area contributed by atoms with E-state index in [1.807, 2.05) is 18.2 Å². The van der Waals surface area contributed by atoms with E-state index in [4.69, 9.17) is 9.16 Å². The van der Waals surface area contributed by atoms with Crippen LogP contribution in [0.4, 0.5) is 0 Å². The molecule has 1 unspecified atom stereocenters. The highest BCUT2D eigenvalue weighted by Gasteiger charge is 2.37. The Balaban J connectivity index is 2.41. The fraction of sp³-hybridized carbons (Fsp3) is 0.667. The number of ether oxygens (including phenoxy) is 1. The van der Waals surface area contributed by atoms with Gasteiger partial charge in [0.25, 0.3) is 0 Å². The van der Waals surface area contributed by atoms with Crippen molar-refractivity contribution in [1.82, 2.24) is 0 Å². The molecule has 0 bridgehead atoms. The molecule has 1 rings (SSSR count). The normalized spacial score (nSPS) is 14.1. The summed E-state index contributed by atoms with van der Waals surface area (Å²) in [7, 11) is -1.70. The smallest absolute Gasteiger partial charge is 0.191 e. The Morgan fingerprint density at radius 1 is 1.09 bits per heavy atom. The molecule has 0 saturated carbocycles. The van der Waals surface area contributed by atoms with E-state index in [-0.39, 0.29) is 17.7 Å². The van der Waals surface area contributed by atoms with Crippen molar-refractivity contribution >= 4 is 8.32 Å². The minimum Gasteiger partial charge on any atom is -0.417 e. The van der Waals surface area contributed by atoms with Crippen molar-refractivity contribution in [1.29, 1.82) is 0 Å². The average Bonchev–Trinajstić information content (AvgIpc) is 2.44. The molecule has 1 aromatic carbocycles. The Kier molecular flexibility index (Phi) is 7.76. The van der Waals surface area contributed by atoms with Gasteiger partial charge in [0.15, 0.2) is 8.32 Å². The maximum atomic E-state index is 9.21. The quantitative estimate of drug-likeness (QED) is 0.686. The summed E-state index contributed by atoms with van der Waals surface area (Å²) in [6.45, 7) is 12.7. The monoisotopic (exact) mass is 324 g/mol. The van der Waals surface area contributed by atoms with Crippen molar-refractivity contribution in [2.24, 2.45) is 0 Å². The Hall–Kier alpha value is -0.683. The maximum absolute atomic E-state index is 9.21. The molecule has 0 aliphatic rings. The Morgan fingerprint density at radius 2 is 1.73 bits per heavy atom. The number of benzene rings is 1. The Bertz CT molecular complexity index is 412. The molecule has 0 saturated heterocycles. The standard InChI is InChI=1S/C18H32O3Si/c1-18(2,3)22(4,5)21-14-12-17(11-13-19)20-15-16-9-7-6-8-10-16/h6-10,17,19H,11-15H2,1-5H3. The molecule has 22 heavy (non-hydrogen) atoms. The molecule has 0 aliphatic carbocycles. The predicted octanol–water partition coefficient (Wildman–Crippen LogP) is 4.37. The summed E-state index contributed by atoms with van der Waals surface area (Å²) in [6.07, 6.45) is 1.54. The van der Waals surface area contributed by atoms with E-state index in [1.165, 1.54) is 0 Å². The van der Waals surface area contributed by atoms with Crippen LogP contribution < -0.4 is 0 Å². The summed E-state index contributed by atoms with van der Waals surface area (Å²) < 4.78 is 12.1. The Labute approximate surface area is 136 Å². The molecule has 126 valence electrons. The zero-order chi connectivity index (χ0) is 16.6. The van der Waals surface area contributed by atoms with Crippen molar-refractivity contribution in [2.75, 3.05) is 13.2 Å². The van der Waals surface area contributed by atoms with Gasteiger partial charge in [-0.05, 0) is 36.5 Å². The molecule has 0 fully saturated rings. The van der Waals surface area contributed by atoms with Gasteiger partial charge in [0.1, 0.15) is 0 Å². The van der Waals surface area contributed by atoms with Gasteiger partial charge in [-0.25, -0.2) is 0 Å². The van der Waals surface area contributed by atoms with Crippen LogP contribution in [0.5, 0.6) is 0 Å². The van der Waals surface area contributed by atoms with E-state index in [9.17, 15) is 5.11 Å². The summed E-state index contributed by atoms with van der Waals surface area (Å²) >= 11 is 0. The van der Waals surface area contributed by atoms with Crippen LogP contribution in [0.25, 0.3) is 0 Å². The lowest BCUT2D eigenvalue weighted by molar-refractivity contribution is 0.0105. The third-order valence-corrected chi connectivity index (χ3v) is 9.03. The van der Waals surface area contributed by atoms with Crippen LogP contribution in [0.3, 0.4) is 0 Å². The molecule has 1 N–H and O–H groups in total. The first kappa shape index (κ1) is 19.4. The second-order valence-electron chi connectivity index (χ2n) is 7.33. The highest BCUT2D eigenvalue weighted by Crippen LogP contribution is 2.36. The van der Waals surface area contributed by atoms with Crippen LogP contribution in [0.2, 0.25) is 18.1 Å². The zero-order valence-corrected chi connectivity index (χ0v) is 15.8. The highest BCUT2D eigenvalue weighted by atomic mass is 28.4. The molecule has 0 heterocycles. The van der Waals surface area contributed by atoms with Gasteiger partial charge in [0.05, 0.1) is 12.7 Å². The van der Waals surface area contributed by atoms with E-state index in [1.54, 1.807) is 0 Å². The zero-order valence-electron chi connectivity index (χ0n) is 14.8. The second-order valence-corrected chi connectivity index (χ2v) is 12.1. The first-order valence-corrected chi connectivity index (χ1v) is 11.1. The average molecular weight is 325 g/mol. The van der Waals surface area contributed by atoms with Crippen molar-refractivity contribution < 1.29 is 14.3 Å². The fourth-order valence-electron chi connectivity index (χ4n) is 1.91. The third kappa shape index (κ3) is 6.61. The lowest BCUT2D eigenvalue weighted by Gasteiger charge is -2.36. The second kappa shape index (κ2) is 8.82. The summed E-state index contributed by atoms with van der Waals surface area (Å²) in [5, 5.41) is 9.44. The molecule has 0 aromatic heterocycles. The van der Waals surface area contributed by atoms with Crippen LogP contribution in [-0.2, 0) is 15.8 Å². The summed E-state index contributed by atoms with van der Waals surface area (Å²) in [4.78, 5) is 0. The lowest BCUT2D eigenvalue weighted by Crippen LogP contribution is -2.41. The van der Waals surface area contributed by atoms with Gasteiger partial charge in [-0.15, -0.1) is 0 Å². The number of rotatable bonds is 9. The first-order valence-electron chi connectivity index (χ1n) is 8.16. The van der Waals surface area contributed by atoms with Crippen molar-refractivity contribution in [3.63, 3.8) is 0 Å². The third-order valence-electron chi connectivity index (χ3n) is 4.49. The van der Waals surface area contributed by atoms with Gasteiger partial charge >= 0.3 is 0 Å². The summed E-state index contributed by atoms with van der Waals surface area (Å²) in [6, 6.07) is 10.1. The molecule has 3 nitrogen and oxygen atoms in total. The number of hydrogen-bond acceptors (Lipinski definition) is 3. The minimum absolute atomic E-state index is 0.0509. The van der Waals surface area contributed by atoms with Gasteiger partial charge < -0.3 is 14.3 Å². The van der Waals surface area contributed by atoms with Crippen LogP contribution >= 0.6 is 0 Å². The highest BCUT2D eigenvalue weighted by molar-refractivity contribution is 6.74. The first-order chi connectivity index (χ1) is 10.3. The van der Waals surface area contributed by atoms with Crippen molar-refractivity contribution in [3.05, 3.63) is 35.9 Å². The molecular weight excluding hydrogens is 292 g/mol. The van der Waals surface area contributed by atoms with Crippen LogP contribution in [-0.4, -0.2) is 32.7 Å². The van der Waals surface area contributed by atoms with E-state index < -0.39 is 8.32 Å². The van der Waals surface area contributed by atoms with Gasteiger partial charge in [-0.3, -0.25) is 0 Å². The summed E-state index contributed by atoms with van der Waals surface area (Å²) in [5.41, 5.74) is 1.16. The predicted molar refractivity (Wildman–Crippen MR) is 94.5 cm³/mol. The molecule has 4 heteroatoms. The van der Waals surface area contributed by atoms with Gasteiger partial charge in [-0.2, -0.15) is 0 Å². The van der Waals surface area contributed by atoms with E-state index in [0.29, 0.717) is 19.6 Å². The van der Waals surface area contributed by atoms with Crippen LogP contribution in [0, 0.1) is 0 Å². The molecular formula is C18H32O3Si. The van der Waals surface area contributed by atoms with Crippen LogP contribution in [0.1, 0.15) is 39.2 Å². The van der Waals surface area contributed by atoms with Crippen LogP contribution in [0.15, 0.2) is 30.3 Å². The van der Waals surface area contributed by atoms with E-state index in [2.05, 4.69) is 46.0 Å². The number of aliphatic hydroxyl groups excluding tert-OH is 1. The molecule has 0 aliphatic heterocycles. The van der Waals surface area contributed by atoms with Gasteiger partial charge in [0.2, 0.25) is 0 Å². The van der Waals surface area contributed by atoms with Crippen molar-refractivity contribution in [2.45, 2.75) is 64.5 Å². The largest absolute Gasteiger partial charge is 0.417 e. The lowest BCUT2D eigenvalue weighted by atomic mass is 10.2. The molecule has 1 atom stereocenters. The van der Waals surface area contributed by atoms with E-state index >= 15 is 0 Å². The maximum Gasteiger partial charge on any atom is 0.191 e. The molecule has 0 amide bonds. The van der Waals surface area contributed by atoms with Crippen molar-refractivity contribution in [3.8, 4) is 0 Å². The van der Waals surface area contributed by atoms with E-state index in [0.717, 1.165) is 12.0 Å². The molecule has 0 radical (unpaired) electrons.